The molecule has 8 heteroatoms. The zero-order chi connectivity index (χ0) is 19.1. The summed E-state index contributed by atoms with van der Waals surface area (Å²) in [5.41, 5.74) is 0.971. The van der Waals surface area contributed by atoms with Gasteiger partial charge in [0.2, 0.25) is 0 Å². The van der Waals surface area contributed by atoms with Crippen molar-refractivity contribution in [2.75, 3.05) is 26.6 Å². The van der Waals surface area contributed by atoms with Crippen LogP contribution in [-0.4, -0.2) is 41.4 Å². The lowest BCUT2D eigenvalue weighted by atomic mass is 9.88. The van der Waals surface area contributed by atoms with E-state index >= 15 is 0 Å². The maximum absolute atomic E-state index is 6.31. The molecular formula is C19H23Cl2N3O3. The van der Waals surface area contributed by atoms with E-state index in [0.29, 0.717) is 43.1 Å². The summed E-state index contributed by atoms with van der Waals surface area (Å²) in [6, 6.07) is 5.46. The molecule has 1 fully saturated rings. The molecule has 0 amide bonds. The highest BCUT2D eigenvalue weighted by molar-refractivity contribution is 6.35. The van der Waals surface area contributed by atoms with Crippen LogP contribution in [0.4, 0.5) is 0 Å². The molecule has 0 radical (unpaired) electrons. The summed E-state index contributed by atoms with van der Waals surface area (Å²) in [6.07, 6.45) is 8.41. The number of aromatic nitrogens is 3. The van der Waals surface area contributed by atoms with E-state index in [1.165, 1.54) is 6.33 Å². The third-order valence-corrected chi connectivity index (χ3v) is 5.03. The van der Waals surface area contributed by atoms with E-state index in [-0.39, 0.29) is 11.5 Å². The molecule has 27 heavy (non-hydrogen) atoms. The lowest BCUT2D eigenvalue weighted by molar-refractivity contribution is -0.157. The Kier molecular flexibility index (Phi) is 7.13. The van der Waals surface area contributed by atoms with Crippen molar-refractivity contribution >= 4 is 23.2 Å². The van der Waals surface area contributed by atoms with Crippen LogP contribution >= 0.6 is 23.2 Å². The van der Waals surface area contributed by atoms with E-state index in [0.717, 1.165) is 12.0 Å². The van der Waals surface area contributed by atoms with E-state index in [1.54, 1.807) is 23.3 Å². The molecule has 1 aliphatic heterocycles. The molecule has 0 N–H and O–H groups in total. The number of hydrogen-bond donors (Lipinski definition) is 0. The van der Waals surface area contributed by atoms with Gasteiger partial charge in [-0.3, -0.25) is 0 Å². The average molecular weight is 412 g/mol. The molecule has 1 saturated heterocycles. The number of allylic oxidation sites excluding steroid dienone is 1. The number of nitrogens with zero attached hydrogens (tertiary/aromatic N) is 3. The minimum absolute atomic E-state index is 0.0136. The smallest absolute Gasteiger partial charge is 0.146 e. The number of halogens is 2. The molecule has 1 atom stereocenters. The van der Waals surface area contributed by atoms with Gasteiger partial charge in [0.15, 0.2) is 0 Å². The van der Waals surface area contributed by atoms with Crippen LogP contribution in [-0.2, 0) is 20.6 Å². The fourth-order valence-corrected chi connectivity index (χ4v) is 3.42. The topological polar surface area (TPSA) is 58.4 Å². The van der Waals surface area contributed by atoms with E-state index in [1.807, 2.05) is 18.2 Å². The summed E-state index contributed by atoms with van der Waals surface area (Å²) >= 11 is 12.3. The van der Waals surface area contributed by atoms with Gasteiger partial charge < -0.3 is 14.2 Å². The minimum atomic E-state index is -0.0345. The van der Waals surface area contributed by atoms with Crippen molar-refractivity contribution in [3.8, 4) is 0 Å². The average Bonchev–Trinajstić information content (AvgIpc) is 3.17. The van der Waals surface area contributed by atoms with Crippen LogP contribution in [0.15, 0.2) is 43.2 Å². The number of ether oxygens (including phenoxy) is 3. The monoisotopic (exact) mass is 411 g/mol. The van der Waals surface area contributed by atoms with Crippen LogP contribution < -0.4 is 0 Å². The largest absolute Gasteiger partial charge is 0.499 e. The molecule has 6 nitrogen and oxygen atoms in total. The molecule has 1 aliphatic rings. The van der Waals surface area contributed by atoms with Crippen molar-refractivity contribution < 1.29 is 14.2 Å². The Bertz CT molecular complexity index is 747. The SMILES string of the molecule is CC1(CC=COCC(Cc2ccc(Cl)cc2Cl)n2cncn2)COCOC1. The first-order chi connectivity index (χ1) is 13.1. The van der Waals surface area contributed by atoms with Gasteiger partial charge in [-0.2, -0.15) is 5.10 Å². The Morgan fingerprint density at radius 2 is 2.15 bits per heavy atom. The highest BCUT2D eigenvalue weighted by atomic mass is 35.5. The third kappa shape index (κ3) is 5.94. The van der Waals surface area contributed by atoms with Crippen LogP contribution in [0.1, 0.15) is 24.9 Å². The Morgan fingerprint density at radius 1 is 1.33 bits per heavy atom. The normalized spacial score (nSPS) is 17.9. The molecule has 3 rings (SSSR count). The molecule has 0 bridgehead atoms. The van der Waals surface area contributed by atoms with Gasteiger partial charge in [-0.25, -0.2) is 9.67 Å². The molecule has 0 aliphatic carbocycles. The predicted molar refractivity (Wildman–Crippen MR) is 104 cm³/mol. The summed E-state index contributed by atoms with van der Waals surface area (Å²) in [4.78, 5) is 4.03. The number of rotatable bonds is 8. The van der Waals surface area contributed by atoms with Crippen molar-refractivity contribution in [1.82, 2.24) is 14.8 Å². The van der Waals surface area contributed by atoms with Crippen LogP contribution in [0, 0.1) is 5.41 Å². The van der Waals surface area contributed by atoms with Gasteiger partial charge in [-0.15, -0.1) is 0 Å². The van der Waals surface area contributed by atoms with Gasteiger partial charge in [-0.1, -0.05) is 36.2 Å². The van der Waals surface area contributed by atoms with E-state index in [4.69, 9.17) is 37.4 Å². The Hall–Kier alpha value is -1.60. The van der Waals surface area contributed by atoms with E-state index < -0.39 is 0 Å². The molecule has 0 spiro atoms. The summed E-state index contributed by atoms with van der Waals surface area (Å²) in [6.45, 7) is 4.34. The predicted octanol–water partition coefficient (Wildman–Crippen LogP) is 4.30. The van der Waals surface area contributed by atoms with Crippen LogP contribution in [0.2, 0.25) is 10.0 Å². The summed E-state index contributed by atoms with van der Waals surface area (Å²) < 4.78 is 18.3. The Labute approximate surface area is 169 Å². The zero-order valence-electron chi connectivity index (χ0n) is 15.2. The van der Waals surface area contributed by atoms with E-state index in [2.05, 4.69) is 17.0 Å². The highest BCUT2D eigenvalue weighted by Crippen LogP contribution is 2.27. The van der Waals surface area contributed by atoms with Crippen molar-refractivity contribution in [2.24, 2.45) is 5.41 Å². The molecule has 0 saturated carbocycles. The molecule has 2 heterocycles. The van der Waals surface area contributed by atoms with Crippen LogP contribution in [0.25, 0.3) is 0 Å². The zero-order valence-corrected chi connectivity index (χ0v) is 16.7. The van der Waals surface area contributed by atoms with Crippen molar-refractivity contribution in [3.63, 3.8) is 0 Å². The first kappa shape index (κ1) is 20.1. The van der Waals surface area contributed by atoms with Gasteiger partial charge in [-0.05, 0) is 36.6 Å². The van der Waals surface area contributed by atoms with Gasteiger partial charge in [0.25, 0.3) is 0 Å². The summed E-state index contributed by atoms with van der Waals surface area (Å²) in [5, 5.41) is 5.49. The molecular weight excluding hydrogens is 389 g/mol. The molecule has 2 aromatic rings. The molecule has 1 aromatic heterocycles. The number of hydrogen-bond acceptors (Lipinski definition) is 5. The van der Waals surface area contributed by atoms with Gasteiger partial charge >= 0.3 is 0 Å². The Balaban J connectivity index is 1.57. The Morgan fingerprint density at radius 3 is 2.85 bits per heavy atom. The lowest BCUT2D eigenvalue weighted by Gasteiger charge is -2.31. The molecule has 146 valence electrons. The maximum atomic E-state index is 6.31. The first-order valence-electron chi connectivity index (χ1n) is 8.76. The van der Waals surface area contributed by atoms with Gasteiger partial charge in [0.1, 0.15) is 26.1 Å². The van der Waals surface area contributed by atoms with Crippen molar-refractivity contribution in [2.45, 2.75) is 25.8 Å². The fraction of sp³-hybridized carbons (Fsp3) is 0.474. The fourth-order valence-electron chi connectivity index (χ4n) is 2.94. The van der Waals surface area contributed by atoms with Crippen LogP contribution in [0.3, 0.4) is 0 Å². The van der Waals surface area contributed by atoms with Crippen LogP contribution in [0.5, 0.6) is 0 Å². The second-order valence-electron chi connectivity index (χ2n) is 7.00. The van der Waals surface area contributed by atoms with E-state index in [9.17, 15) is 0 Å². The minimum Gasteiger partial charge on any atom is -0.499 e. The lowest BCUT2D eigenvalue weighted by Crippen LogP contribution is -2.34. The maximum Gasteiger partial charge on any atom is 0.146 e. The highest BCUT2D eigenvalue weighted by Gasteiger charge is 2.27. The third-order valence-electron chi connectivity index (χ3n) is 4.44. The standard InChI is InChI=1S/C19H23Cl2N3O3/c1-19(10-26-14-27-11-19)5-2-6-25-9-17(24-13-22-12-23-24)7-15-3-4-16(20)8-18(15)21/h2-4,6,8,12-13,17H,5,7,9-11,14H2,1H3. The van der Waals surface area contributed by atoms with Gasteiger partial charge in [0, 0.05) is 15.5 Å². The molecule has 1 unspecified atom stereocenters. The molecule has 1 aromatic carbocycles. The first-order valence-corrected chi connectivity index (χ1v) is 9.51. The van der Waals surface area contributed by atoms with Gasteiger partial charge in [0.05, 0.1) is 25.5 Å². The quantitative estimate of drug-likeness (QED) is 0.605. The van der Waals surface area contributed by atoms with Crippen molar-refractivity contribution in [1.29, 1.82) is 0 Å². The van der Waals surface area contributed by atoms with Crippen molar-refractivity contribution in [3.05, 3.63) is 58.8 Å². The number of benzene rings is 1. The second-order valence-corrected chi connectivity index (χ2v) is 7.85. The summed E-state index contributed by atoms with van der Waals surface area (Å²) in [7, 11) is 0. The summed E-state index contributed by atoms with van der Waals surface area (Å²) in [5.74, 6) is 0. The second kappa shape index (κ2) is 9.55.